The zero-order valence-electron chi connectivity index (χ0n) is 9.60. The fraction of sp³-hybridized carbons (Fsp3) is 0.818. The van der Waals surface area contributed by atoms with E-state index in [-0.39, 0.29) is 0 Å². The number of hydrogen-bond donors (Lipinski definition) is 1. The second-order valence-corrected chi connectivity index (χ2v) is 4.77. The highest BCUT2D eigenvalue weighted by Gasteiger charge is 2.31. The van der Waals surface area contributed by atoms with Crippen LogP contribution in [-0.2, 0) is 6.54 Å². The molecule has 0 amide bonds. The van der Waals surface area contributed by atoms with Crippen molar-refractivity contribution in [3.8, 4) is 0 Å². The Labute approximate surface area is 95.6 Å². The van der Waals surface area contributed by atoms with Gasteiger partial charge in [-0.25, -0.2) is 0 Å². The van der Waals surface area contributed by atoms with Crippen molar-refractivity contribution in [1.82, 2.24) is 14.8 Å². The summed E-state index contributed by atoms with van der Waals surface area (Å²) in [6.07, 6.45) is 6.40. The van der Waals surface area contributed by atoms with E-state index in [0.29, 0.717) is 12.6 Å². The van der Waals surface area contributed by atoms with Crippen LogP contribution in [0.3, 0.4) is 0 Å². The maximum absolute atomic E-state index is 5.72. The van der Waals surface area contributed by atoms with Crippen molar-refractivity contribution in [2.75, 3.05) is 18.0 Å². The first-order chi connectivity index (χ1) is 7.90. The van der Waals surface area contributed by atoms with Crippen molar-refractivity contribution in [2.24, 2.45) is 5.73 Å². The van der Waals surface area contributed by atoms with Crippen LogP contribution in [-0.4, -0.2) is 27.9 Å². The van der Waals surface area contributed by atoms with Gasteiger partial charge >= 0.3 is 0 Å². The standard InChI is InChI=1S/C11H19N5/c12-8-10-13-14-11(16(10)9-4-5-9)15-6-2-1-3-7-15/h9H,1-8,12H2. The molecule has 1 saturated heterocycles. The molecule has 2 fully saturated rings. The third kappa shape index (κ3) is 1.69. The van der Waals surface area contributed by atoms with Crippen molar-refractivity contribution in [2.45, 2.75) is 44.7 Å². The van der Waals surface area contributed by atoms with Gasteiger partial charge in [0.2, 0.25) is 5.95 Å². The molecule has 2 heterocycles. The highest BCUT2D eigenvalue weighted by Crippen LogP contribution is 2.39. The summed E-state index contributed by atoms with van der Waals surface area (Å²) in [5.41, 5.74) is 5.72. The molecule has 2 aliphatic rings. The van der Waals surface area contributed by atoms with Gasteiger partial charge in [0.15, 0.2) is 0 Å². The minimum atomic E-state index is 0.497. The molecule has 16 heavy (non-hydrogen) atoms. The van der Waals surface area contributed by atoms with Gasteiger partial charge in [-0.05, 0) is 32.1 Å². The monoisotopic (exact) mass is 221 g/mol. The molecule has 5 heteroatoms. The van der Waals surface area contributed by atoms with Gasteiger partial charge in [-0.3, -0.25) is 4.57 Å². The van der Waals surface area contributed by atoms with E-state index in [4.69, 9.17) is 5.73 Å². The van der Waals surface area contributed by atoms with Crippen LogP contribution in [0.25, 0.3) is 0 Å². The number of rotatable bonds is 3. The van der Waals surface area contributed by atoms with Gasteiger partial charge in [0.1, 0.15) is 5.82 Å². The number of nitrogens with two attached hydrogens (primary N) is 1. The van der Waals surface area contributed by atoms with E-state index in [1.807, 2.05) is 0 Å². The Kier molecular flexibility index (Phi) is 2.55. The van der Waals surface area contributed by atoms with E-state index >= 15 is 0 Å². The van der Waals surface area contributed by atoms with Crippen LogP contribution < -0.4 is 10.6 Å². The smallest absolute Gasteiger partial charge is 0.227 e. The number of anilines is 1. The third-order valence-corrected chi connectivity index (χ3v) is 3.48. The lowest BCUT2D eigenvalue weighted by Gasteiger charge is -2.27. The minimum absolute atomic E-state index is 0.497. The lowest BCUT2D eigenvalue weighted by Crippen LogP contribution is -2.32. The molecule has 5 nitrogen and oxygen atoms in total. The molecule has 1 aliphatic heterocycles. The first kappa shape index (κ1) is 10.1. The number of nitrogens with zero attached hydrogens (tertiary/aromatic N) is 4. The number of hydrogen-bond acceptors (Lipinski definition) is 4. The van der Waals surface area contributed by atoms with Crippen molar-refractivity contribution in [3.05, 3.63) is 5.82 Å². The molecule has 0 radical (unpaired) electrons. The lowest BCUT2D eigenvalue weighted by molar-refractivity contribution is 0.551. The summed E-state index contributed by atoms with van der Waals surface area (Å²) in [7, 11) is 0. The average molecular weight is 221 g/mol. The molecule has 1 saturated carbocycles. The molecule has 2 N–H and O–H groups in total. The van der Waals surface area contributed by atoms with Crippen LogP contribution in [0, 0.1) is 0 Å². The SMILES string of the molecule is NCc1nnc(N2CCCCC2)n1C1CC1. The molecule has 1 aromatic heterocycles. The Morgan fingerprint density at radius 1 is 1.12 bits per heavy atom. The number of piperidine rings is 1. The molecule has 1 aliphatic carbocycles. The highest BCUT2D eigenvalue weighted by molar-refractivity contribution is 5.33. The molecule has 88 valence electrons. The molecule has 0 unspecified atom stereocenters. The Bertz CT molecular complexity index is 362. The summed E-state index contributed by atoms with van der Waals surface area (Å²) < 4.78 is 2.27. The van der Waals surface area contributed by atoms with Crippen molar-refractivity contribution < 1.29 is 0 Å². The van der Waals surface area contributed by atoms with E-state index in [2.05, 4.69) is 19.7 Å². The molecule has 0 spiro atoms. The van der Waals surface area contributed by atoms with Gasteiger partial charge in [0.25, 0.3) is 0 Å². The predicted molar refractivity (Wildman–Crippen MR) is 62.2 cm³/mol. The van der Waals surface area contributed by atoms with E-state index in [9.17, 15) is 0 Å². The zero-order chi connectivity index (χ0) is 11.0. The van der Waals surface area contributed by atoms with Crippen LogP contribution in [0.15, 0.2) is 0 Å². The summed E-state index contributed by atoms with van der Waals surface area (Å²) in [6, 6.07) is 0.616. The van der Waals surface area contributed by atoms with Crippen LogP contribution in [0.4, 0.5) is 5.95 Å². The predicted octanol–water partition coefficient (Wildman–Crippen LogP) is 1.06. The Balaban J connectivity index is 1.89. The summed E-state index contributed by atoms with van der Waals surface area (Å²) in [5, 5.41) is 8.55. The van der Waals surface area contributed by atoms with Crippen LogP contribution >= 0.6 is 0 Å². The highest BCUT2D eigenvalue weighted by atomic mass is 15.4. The van der Waals surface area contributed by atoms with Crippen LogP contribution in [0.5, 0.6) is 0 Å². The Morgan fingerprint density at radius 3 is 2.50 bits per heavy atom. The van der Waals surface area contributed by atoms with Crippen molar-refractivity contribution >= 4 is 5.95 Å². The second-order valence-electron chi connectivity index (χ2n) is 4.77. The largest absolute Gasteiger partial charge is 0.341 e. The lowest BCUT2D eigenvalue weighted by atomic mass is 10.1. The topological polar surface area (TPSA) is 60.0 Å². The summed E-state index contributed by atoms with van der Waals surface area (Å²) in [6.45, 7) is 2.74. The van der Waals surface area contributed by atoms with E-state index < -0.39 is 0 Å². The summed E-state index contributed by atoms with van der Waals surface area (Å²) in [4.78, 5) is 2.37. The quantitative estimate of drug-likeness (QED) is 0.829. The average Bonchev–Trinajstić information content (AvgIpc) is 3.09. The van der Waals surface area contributed by atoms with Gasteiger partial charge in [0.05, 0.1) is 6.54 Å². The maximum Gasteiger partial charge on any atom is 0.227 e. The van der Waals surface area contributed by atoms with Gasteiger partial charge < -0.3 is 10.6 Å². The normalized spacial score (nSPS) is 21.4. The fourth-order valence-corrected chi connectivity index (χ4v) is 2.47. The fourth-order valence-electron chi connectivity index (χ4n) is 2.47. The van der Waals surface area contributed by atoms with Crippen LogP contribution in [0.1, 0.15) is 44.0 Å². The summed E-state index contributed by atoms with van der Waals surface area (Å²) >= 11 is 0. The van der Waals surface area contributed by atoms with Gasteiger partial charge in [-0.1, -0.05) is 0 Å². The summed E-state index contributed by atoms with van der Waals surface area (Å²) in [5.74, 6) is 2.01. The third-order valence-electron chi connectivity index (χ3n) is 3.48. The first-order valence-electron chi connectivity index (χ1n) is 6.29. The van der Waals surface area contributed by atoms with E-state index in [1.165, 1.54) is 32.1 Å². The molecule has 1 aromatic rings. The molecule has 0 bridgehead atoms. The second kappa shape index (κ2) is 4.05. The minimum Gasteiger partial charge on any atom is -0.341 e. The molecule has 0 atom stereocenters. The van der Waals surface area contributed by atoms with Gasteiger partial charge in [-0.15, -0.1) is 10.2 Å². The van der Waals surface area contributed by atoms with Gasteiger partial charge in [0, 0.05) is 19.1 Å². The zero-order valence-corrected chi connectivity index (χ0v) is 9.60. The molecular weight excluding hydrogens is 202 g/mol. The molecule has 0 aromatic carbocycles. The van der Waals surface area contributed by atoms with E-state index in [1.54, 1.807) is 0 Å². The van der Waals surface area contributed by atoms with E-state index in [0.717, 1.165) is 24.9 Å². The number of aromatic nitrogens is 3. The van der Waals surface area contributed by atoms with Gasteiger partial charge in [-0.2, -0.15) is 0 Å². The van der Waals surface area contributed by atoms with Crippen molar-refractivity contribution in [3.63, 3.8) is 0 Å². The maximum atomic E-state index is 5.72. The van der Waals surface area contributed by atoms with Crippen LogP contribution in [0.2, 0.25) is 0 Å². The Hall–Kier alpha value is -1.10. The van der Waals surface area contributed by atoms with Crippen molar-refractivity contribution in [1.29, 1.82) is 0 Å². The molecule has 3 rings (SSSR count). The Morgan fingerprint density at radius 2 is 1.88 bits per heavy atom. The molecular formula is C11H19N5. The first-order valence-corrected chi connectivity index (χ1v) is 6.29.